The van der Waals surface area contributed by atoms with Gasteiger partial charge in [-0.25, -0.2) is 4.39 Å². The molecule has 0 saturated carbocycles. The highest BCUT2D eigenvalue weighted by atomic mass is 19.1. The van der Waals surface area contributed by atoms with Gasteiger partial charge in [0, 0.05) is 19.2 Å². The van der Waals surface area contributed by atoms with E-state index in [1.807, 2.05) is 4.90 Å². The van der Waals surface area contributed by atoms with E-state index in [1.165, 1.54) is 18.2 Å². The summed E-state index contributed by atoms with van der Waals surface area (Å²) in [7, 11) is 0. The number of aliphatic hydroxyl groups excluding tert-OH is 1. The summed E-state index contributed by atoms with van der Waals surface area (Å²) in [4.78, 5) is 12.8. The van der Waals surface area contributed by atoms with Gasteiger partial charge in [0.2, 0.25) is 0 Å². The van der Waals surface area contributed by atoms with Crippen LogP contribution < -0.4 is 4.90 Å². The van der Waals surface area contributed by atoms with Crippen molar-refractivity contribution in [2.24, 2.45) is 0 Å². The quantitative estimate of drug-likeness (QED) is 0.631. The molecule has 1 aliphatic heterocycles. The van der Waals surface area contributed by atoms with E-state index in [2.05, 4.69) is 0 Å². The summed E-state index contributed by atoms with van der Waals surface area (Å²) in [6.07, 6.45) is 1.57. The molecule has 0 atom stereocenters. The lowest BCUT2D eigenvalue weighted by molar-refractivity contribution is -0.384. The smallest absolute Gasteiger partial charge is 0.292 e. The number of rotatable bonds is 6. The zero-order valence-electron chi connectivity index (χ0n) is 14.3. The van der Waals surface area contributed by atoms with Crippen LogP contribution in [-0.2, 0) is 18.0 Å². The molecule has 1 N–H and O–H groups in total. The number of halogens is 1. The SMILES string of the molecule is O=[N+]([O-])c1ccc(CO)cc1N1CCC(OCc2ccc(F)cc2)CC1. The first-order valence-electron chi connectivity index (χ1n) is 8.56. The third-order valence-corrected chi connectivity index (χ3v) is 4.60. The first-order chi connectivity index (χ1) is 12.6. The predicted molar refractivity (Wildman–Crippen MR) is 95.4 cm³/mol. The molecule has 1 heterocycles. The molecule has 0 bridgehead atoms. The lowest BCUT2D eigenvalue weighted by atomic mass is 10.1. The van der Waals surface area contributed by atoms with E-state index >= 15 is 0 Å². The summed E-state index contributed by atoms with van der Waals surface area (Å²) >= 11 is 0. The van der Waals surface area contributed by atoms with Crippen molar-refractivity contribution in [1.29, 1.82) is 0 Å². The van der Waals surface area contributed by atoms with Gasteiger partial charge in [0.25, 0.3) is 5.69 Å². The van der Waals surface area contributed by atoms with Crippen LogP contribution in [0.5, 0.6) is 0 Å². The minimum absolute atomic E-state index is 0.0490. The van der Waals surface area contributed by atoms with Crippen molar-refractivity contribution in [2.45, 2.75) is 32.2 Å². The van der Waals surface area contributed by atoms with Gasteiger partial charge >= 0.3 is 0 Å². The molecule has 2 aromatic rings. The summed E-state index contributed by atoms with van der Waals surface area (Å²) < 4.78 is 18.8. The Labute approximate surface area is 151 Å². The highest BCUT2D eigenvalue weighted by molar-refractivity contribution is 5.64. The summed E-state index contributed by atoms with van der Waals surface area (Å²) in [6, 6.07) is 10.9. The van der Waals surface area contributed by atoms with E-state index in [-0.39, 0.29) is 24.2 Å². The Kier molecular flexibility index (Phi) is 5.80. The monoisotopic (exact) mass is 360 g/mol. The van der Waals surface area contributed by atoms with Gasteiger partial charge in [-0.3, -0.25) is 10.1 Å². The van der Waals surface area contributed by atoms with Crippen molar-refractivity contribution < 1.29 is 19.2 Å². The van der Waals surface area contributed by atoms with E-state index in [9.17, 15) is 19.6 Å². The Morgan fingerprint density at radius 2 is 1.81 bits per heavy atom. The fourth-order valence-electron chi connectivity index (χ4n) is 3.13. The Hall–Kier alpha value is -2.51. The molecular weight excluding hydrogens is 339 g/mol. The maximum Gasteiger partial charge on any atom is 0.292 e. The number of benzene rings is 2. The number of hydrogen-bond donors (Lipinski definition) is 1. The zero-order chi connectivity index (χ0) is 18.5. The Bertz CT molecular complexity index is 759. The predicted octanol–water partition coefficient (Wildman–Crippen LogP) is 3.41. The van der Waals surface area contributed by atoms with Gasteiger partial charge in [0.05, 0.1) is 24.2 Å². The lowest BCUT2D eigenvalue weighted by Gasteiger charge is -2.33. The molecule has 0 spiro atoms. The van der Waals surface area contributed by atoms with Crippen LogP contribution in [0, 0.1) is 15.9 Å². The van der Waals surface area contributed by atoms with Gasteiger partial charge in [-0.15, -0.1) is 0 Å². The van der Waals surface area contributed by atoms with Crippen LogP contribution in [0.25, 0.3) is 0 Å². The van der Waals surface area contributed by atoms with E-state index < -0.39 is 4.92 Å². The molecule has 0 aromatic heterocycles. The van der Waals surface area contributed by atoms with Crippen LogP contribution in [0.15, 0.2) is 42.5 Å². The Balaban J connectivity index is 1.59. The van der Waals surface area contributed by atoms with Crippen molar-refractivity contribution in [3.8, 4) is 0 Å². The van der Waals surface area contributed by atoms with Crippen LogP contribution in [-0.4, -0.2) is 29.2 Å². The first kappa shape index (κ1) is 18.3. The molecule has 1 fully saturated rings. The molecule has 0 aliphatic carbocycles. The molecule has 138 valence electrons. The Morgan fingerprint density at radius 3 is 2.42 bits per heavy atom. The first-order valence-corrected chi connectivity index (χ1v) is 8.56. The number of piperidine rings is 1. The largest absolute Gasteiger partial charge is 0.392 e. The number of anilines is 1. The van der Waals surface area contributed by atoms with E-state index in [0.29, 0.717) is 30.9 Å². The molecule has 0 radical (unpaired) electrons. The van der Waals surface area contributed by atoms with Crippen molar-refractivity contribution in [2.75, 3.05) is 18.0 Å². The molecule has 0 unspecified atom stereocenters. The molecule has 7 heteroatoms. The van der Waals surface area contributed by atoms with E-state index in [4.69, 9.17) is 4.74 Å². The van der Waals surface area contributed by atoms with Crippen molar-refractivity contribution >= 4 is 11.4 Å². The minimum Gasteiger partial charge on any atom is -0.392 e. The normalized spacial score (nSPS) is 15.2. The summed E-state index contributed by atoms with van der Waals surface area (Å²) in [6.45, 7) is 1.56. The van der Waals surface area contributed by atoms with Crippen molar-refractivity contribution in [3.05, 3.63) is 69.5 Å². The van der Waals surface area contributed by atoms with Gasteiger partial charge in [0.1, 0.15) is 11.5 Å². The maximum atomic E-state index is 12.9. The number of ether oxygens (including phenoxy) is 1. The molecule has 0 amide bonds. The second-order valence-electron chi connectivity index (χ2n) is 6.36. The van der Waals surface area contributed by atoms with Crippen molar-refractivity contribution in [3.63, 3.8) is 0 Å². The molecule has 1 saturated heterocycles. The van der Waals surface area contributed by atoms with Gasteiger partial charge in [-0.2, -0.15) is 0 Å². The fraction of sp³-hybridized carbons (Fsp3) is 0.368. The number of nitrogens with zero attached hydrogens (tertiary/aromatic N) is 2. The standard InChI is InChI=1S/C19H21FN2O4/c20-16-4-1-14(2-5-16)13-26-17-7-9-21(10-8-17)19-11-15(12-23)3-6-18(19)22(24)25/h1-6,11,17,23H,7-10,12-13H2. The van der Waals surface area contributed by atoms with Crippen LogP contribution >= 0.6 is 0 Å². The van der Waals surface area contributed by atoms with Gasteiger partial charge in [-0.1, -0.05) is 12.1 Å². The molecule has 26 heavy (non-hydrogen) atoms. The van der Waals surface area contributed by atoms with Crippen LogP contribution in [0.2, 0.25) is 0 Å². The van der Waals surface area contributed by atoms with Crippen molar-refractivity contribution in [1.82, 2.24) is 0 Å². The van der Waals surface area contributed by atoms with Gasteiger partial charge in [0.15, 0.2) is 0 Å². The second-order valence-corrected chi connectivity index (χ2v) is 6.36. The molecular formula is C19H21FN2O4. The molecule has 2 aromatic carbocycles. The molecule has 3 rings (SSSR count). The topological polar surface area (TPSA) is 75.8 Å². The minimum atomic E-state index is -0.395. The number of nitro groups is 1. The third kappa shape index (κ3) is 4.36. The molecule has 6 nitrogen and oxygen atoms in total. The van der Waals surface area contributed by atoms with Gasteiger partial charge < -0.3 is 14.7 Å². The van der Waals surface area contributed by atoms with Crippen LogP contribution in [0.3, 0.4) is 0 Å². The highest BCUT2D eigenvalue weighted by Crippen LogP contribution is 2.32. The maximum absolute atomic E-state index is 12.9. The van der Waals surface area contributed by atoms with E-state index in [1.54, 1.807) is 24.3 Å². The fourth-order valence-corrected chi connectivity index (χ4v) is 3.13. The van der Waals surface area contributed by atoms with Gasteiger partial charge in [-0.05, 0) is 48.2 Å². The number of hydrogen-bond acceptors (Lipinski definition) is 5. The third-order valence-electron chi connectivity index (χ3n) is 4.60. The van der Waals surface area contributed by atoms with Crippen LogP contribution in [0.4, 0.5) is 15.8 Å². The summed E-state index contributed by atoms with van der Waals surface area (Å²) in [5.74, 6) is -0.270. The average molecular weight is 360 g/mol. The lowest BCUT2D eigenvalue weighted by Crippen LogP contribution is -2.37. The van der Waals surface area contributed by atoms with E-state index in [0.717, 1.165) is 18.4 Å². The zero-order valence-corrected chi connectivity index (χ0v) is 14.3. The molecule has 1 aliphatic rings. The number of aliphatic hydroxyl groups is 1. The summed E-state index contributed by atoms with van der Waals surface area (Å²) in [5, 5.41) is 20.6. The Morgan fingerprint density at radius 1 is 1.15 bits per heavy atom. The average Bonchev–Trinajstić information content (AvgIpc) is 2.67. The number of nitro benzene ring substituents is 1. The summed E-state index contributed by atoms with van der Waals surface area (Å²) in [5.41, 5.74) is 2.16. The van der Waals surface area contributed by atoms with Crippen LogP contribution in [0.1, 0.15) is 24.0 Å². The highest BCUT2D eigenvalue weighted by Gasteiger charge is 2.25. The second kappa shape index (κ2) is 8.25.